The van der Waals surface area contributed by atoms with Crippen molar-refractivity contribution in [1.29, 1.82) is 0 Å². The fraction of sp³-hybridized carbons (Fsp3) is 0.250. The molecule has 1 aromatic rings. The maximum absolute atomic E-state index is 10.6. The first-order valence-corrected chi connectivity index (χ1v) is 4.48. The molecule has 0 N–H and O–H groups in total. The second kappa shape index (κ2) is 4.51. The Morgan fingerprint density at radius 2 is 1.35 bits per heavy atom. The Kier molecular flexibility index (Phi) is 3.31. The van der Waals surface area contributed by atoms with Crippen molar-refractivity contribution in [3.63, 3.8) is 0 Å². The van der Waals surface area contributed by atoms with E-state index in [9.17, 15) is 30.3 Å². The first kappa shape index (κ1) is 12.5. The molecule has 0 radical (unpaired) electrons. The first-order valence-electron chi connectivity index (χ1n) is 4.48. The molecule has 0 spiro atoms. The van der Waals surface area contributed by atoms with Gasteiger partial charge in [0, 0.05) is 12.1 Å². The lowest BCUT2D eigenvalue weighted by Gasteiger charge is -2.00. The number of hydrogen-bond donors (Lipinski definition) is 0. The Bertz CT molecular complexity index is 477. The second-order valence-corrected chi connectivity index (χ2v) is 3.11. The van der Waals surface area contributed by atoms with Gasteiger partial charge in [-0.3, -0.25) is 30.3 Å². The van der Waals surface area contributed by atoms with Gasteiger partial charge in [-0.05, 0) is 12.0 Å². The molecule has 0 fully saturated rings. The minimum Gasteiger partial charge on any atom is -0.258 e. The lowest BCUT2D eigenvalue weighted by molar-refractivity contribution is -0.441. The highest BCUT2D eigenvalue weighted by Crippen LogP contribution is 2.37. The van der Waals surface area contributed by atoms with Crippen molar-refractivity contribution in [2.45, 2.75) is 13.3 Å². The maximum Gasteiger partial charge on any atom is 0.422 e. The number of rotatable bonds is 4. The van der Waals surface area contributed by atoms with Crippen LogP contribution in [0.15, 0.2) is 12.1 Å². The Labute approximate surface area is 94.1 Å². The molecule has 0 heterocycles. The zero-order valence-corrected chi connectivity index (χ0v) is 8.65. The van der Waals surface area contributed by atoms with Gasteiger partial charge >= 0.3 is 17.1 Å². The molecular formula is C8H7N3O6. The predicted molar refractivity (Wildman–Crippen MR) is 55.8 cm³/mol. The summed E-state index contributed by atoms with van der Waals surface area (Å²) in [5, 5.41) is 31.9. The highest BCUT2D eigenvalue weighted by atomic mass is 16.6. The zero-order valence-electron chi connectivity index (χ0n) is 8.65. The molecule has 9 nitrogen and oxygen atoms in total. The molecule has 0 bridgehead atoms. The Hall–Kier alpha value is -2.58. The van der Waals surface area contributed by atoms with E-state index >= 15 is 0 Å². The standard InChI is InChI=1S/C8H7N3O6/c1-2-5-3-6(9(12)13)8(11(16)17)7(4-5)10(14)15/h3-4H,2H2,1H3. The van der Waals surface area contributed by atoms with E-state index in [1.807, 2.05) is 0 Å². The van der Waals surface area contributed by atoms with Crippen molar-refractivity contribution in [3.05, 3.63) is 48.0 Å². The fourth-order valence-electron chi connectivity index (χ4n) is 1.33. The van der Waals surface area contributed by atoms with Gasteiger partial charge in [0.25, 0.3) is 0 Å². The summed E-state index contributed by atoms with van der Waals surface area (Å²) in [5.74, 6) is 0. The highest BCUT2D eigenvalue weighted by Gasteiger charge is 2.36. The molecule has 0 amide bonds. The monoisotopic (exact) mass is 241 g/mol. The lowest BCUT2D eigenvalue weighted by Crippen LogP contribution is -2.02. The van der Waals surface area contributed by atoms with E-state index in [-0.39, 0.29) is 0 Å². The van der Waals surface area contributed by atoms with Crippen LogP contribution in [0, 0.1) is 30.3 Å². The van der Waals surface area contributed by atoms with Crippen LogP contribution in [0.5, 0.6) is 0 Å². The van der Waals surface area contributed by atoms with Gasteiger partial charge in [0.05, 0.1) is 14.8 Å². The first-order chi connectivity index (χ1) is 7.88. The lowest BCUT2D eigenvalue weighted by atomic mass is 10.1. The normalized spacial score (nSPS) is 9.94. The van der Waals surface area contributed by atoms with Gasteiger partial charge in [-0.2, -0.15) is 0 Å². The van der Waals surface area contributed by atoms with Crippen molar-refractivity contribution in [2.75, 3.05) is 0 Å². The molecule has 17 heavy (non-hydrogen) atoms. The molecule has 0 aliphatic rings. The molecule has 0 unspecified atom stereocenters. The van der Waals surface area contributed by atoms with Crippen LogP contribution in [0.1, 0.15) is 12.5 Å². The van der Waals surface area contributed by atoms with Gasteiger partial charge in [0.15, 0.2) is 0 Å². The van der Waals surface area contributed by atoms with E-state index in [0.29, 0.717) is 12.0 Å². The van der Waals surface area contributed by atoms with E-state index < -0.39 is 31.8 Å². The molecule has 0 saturated carbocycles. The van der Waals surface area contributed by atoms with Crippen molar-refractivity contribution in [2.24, 2.45) is 0 Å². The van der Waals surface area contributed by atoms with Crippen LogP contribution in [0.25, 0.3) is 0 Å². The maximum atomic E-state index is 10.6. The van der Waals surface area contributed by atoms with Crippen LogP contribution in [-0.2, 0) is 6.42 Å². The van der Waals surface area contributed by atoms with Gasteiger partial charge in [-0.1, -0.05) is 6.92 Å². The SMILES string of the molecule is CCc1cc([N+](=O)[O-])c([N+](=O)[O-])c([N+](=O)[O-])c1. The van der Waals surface area contributed by atoms with Gasteiger partial charge in [0.2, 0.25) is 0 Å². The topological polar surface area (TPSA) is 129 Å². The smallest absolute Gasteiger partial charge is 0.258 e. The van der Waals surface area contributed by atoms with E-state index in [0.717, 1.165) is 12.1 Å². The molecule has 9 heteroatoms. The summed E-state index contributed by atoms with van der Waals surface area (Å²) >= 11 is 0. The molecule has 1 rings (SSSR count). The third-order valence-corrected chi connectivity index (χ3v) is 2.11. The van der Waals surface area contributed by atoms with E-state index in [2.05, 4.69) is 0 Å². The molecule has 0 aromatic heterocycles. The predicted octanol–water partition coefficient (Wildman–Crippen LogP) is 1.97. The molecule has 0 saturated heterocycles. The minimum absolute atomic E-state index is 0.300. The summed E-state index contributed by atoms with van der Waals surface area (Å²) in [5.41, 5.74) is -2.51. The number of benzene rings is 1. The van der Waals surface area contributed by atoms with Crippen LogP contribution in [0.4, 0.5) is 17.1 Å². The van der Waals surface area contributed by atoms with Gasteiger partial charge < -0.3 is 0 Å². The van der Waals surface area contributed by atoms with Crippen molar-refractivity contribution >= 4 is 17.1 Å². The molecule has 90 valence electrons. The summed E-state index contributed by atoms with van der Waals surface area (Å²) in [4.78, 5) is 28.8. The Balaban J connectivity index is 3.67. The van der Waals surface area contributed by atoms with Crippen molar-refractivity contribution in [3.8, 4) is 0 Å². The fourth-order valence-corrected chi connectivity index (χ4v) is 1.33. The van der Waals surface area contributed by atoms with Gasteiger partial charge in [0.1, 0.15) is 0 Å². The highest BCUT2D eigenvalue weighted by molar-refractivity contribution is 5.67. The summed E-state index contributed by atoms with van der Waals surface area (Å²) in [6, 6.07) is 1.95. The van der Waals surface area contributed by atoms with Gasteiger partial charge in [-0.15, -0.1) is 0 Å². The zero-order chi connectivity index (χ0) is 13.2. The summed E-state index contributed by atoms with van der Waals surface area (Å²) < 4.78 is 0. The number of aryl methyl sites for hydroxylation is 1. The number of nitrogens with zero attached hydrogens (tertiary/aromatic N) is 3. The molecular weight excluding hydrogens is 234 g/mol. The van der Waals surface area contributed by atoms with E-state index in [1.165, 1.54) is 0 Å². The van der Waals surface area contributed by atoms with Crippen molar-refractivity contribution in [1.82, 2.24) is 0 Å². The quantitative estimate of drug-likeness (QED) is 0.585. The van der Waals surface area contributed by atoms with E-state index in [4.69, 9.17) is 0 Å². The average Bonchev–Trinajstić information content (AvgIpc) is 2.26. The molecule has 0 atom stereocenters. The second-order valence-electron chi connectivity index (χ2n) is 3.11. The molecule has 0 aliphatic carbocycles. The van der Waals surface area contributed by atoms with Crippen LogP contribution in [0.2, 0.25) is 0 Å². The molecule has 0 aliphatic heterocycles. The Morgan fingerprint density at radius 3 is 1.59 bits per heavy atom. The third kappa shape index (κ3) is 2.33. The molecule has 1 aromatic carbocycles. The van der Waals surface area contributed by atoms with Crippen LogP contribution in [-0.4, -0.2) is 14.8 Å². The summed E-state index contributed by atoms with van der Waals surface area (Å²) in [6.07, 6.45) is 0.305. The van der Waals surface area contributed by atoms with E-state index in [1.54, 1.807) is 6.92 Å². The van der Waals surface area contributed by atoms with Crippen LogP contribution >= 0.6 is 0 Å². The largest absolute Gasteiger partial charge is 0.422 e. The van der Waals surface area contributed by atoms with Gasteiger partial charge in [-0.25, -0.2) is 0 Å². The number of nitro groups is 3. The average molecular weight is 241 g/mol. The Morgan fingerprint density at radius 1 is 0.941 bits per heavy atom. The number of nitro benzene ring substituents is 3. The minimum atomic E-state index is -1.12. The van der Waals surface area contributed by atoms with Crippen molar-refractivity contribution < 1.29 is 14.8 Å². The van der Waals surface area contributed by atoms with Crippen LogP contribution < -0.4 is 0 Å². The third-order valence-electron chi connectivity index (χ3n) is 2.11. The summed E-state index contributed by atoms with van der Waals surface area (Å²) in [6.45, 7) is 1.63. The number of hydrogen-bond acceptors (Lipinski definition) is 6. The summed E-state index contributed by atoms with van der Waals surface area (Å²) in [7, 11) is 0. The van der Waals surface area contributed by atoms with Crippen LogP contribution in [0.3, 0.4) is 0 Å².